The first-order chi connectivity index (χ1) is 8.61. The van der Waals surface area contributed by atoms with Gasteiger partial charge in [0.25, 0.3) is 0 Å². The largest absolute Gasteiger partial charge is 0.354 e. The average Bonchev–Trinajstić information content (AvgIpc) is 2.34. The summed E-state index contributed by atoms with van der Waals surface area (Å²) in [6, 6.07) is 14.0. The van der Waals surface area contributed by atoms with Crippen molar-refractivity contribution < 1.29 is 0 Å². The number of benzene rings is 2. The quantitative estimate of drug-likeness (QED) is 0.874. The summed E-state index contributed by atoms with van der Waals surface area (Å²) in [5, 5.41) is 12.4. The molecule has 0 amide bonds. The standard InChI is InChI=1S/C15H13BrN2/c1-10-6-7-12(8-11(10)2)18-15-5-3-4-14(16)13(15)9-17/h3-8,18H,1-2H3. The Kier molecular flexibility index (Phi) is 3.69. The molecule has 2 aromatic carbocycles. The number of rotatable bonds is 2. The lowest BCUT2D eigenvalue weighted by Crippen LogP contribution is -1.95. The molecule has 0 aliphatic heterocycles. The Hall–Kier alpha value is -1.79. The fraction of sp³-hybridized carbons (Fsp3) is 0.133. The van der Waals surface area contributed by atoms with Crippen LogP contribution in [0.5, 0.6) is 0 Å². The van der Waals surface area contributed by atoms with Crippen LogP contribution in [0.15, 0.2) is 40.9 Å². The third kappa shape index (κ3) is 2.55. The second-order valence-electron chi connectivity index (χ2n) is 4.20. The molecule has 0 aromatic heterocycles. The van der Waals surface area contributed by atoms with Gasteiger partial charge in [-0.2, -0.15) is 5.26 Å². The molecule has 2 rings (SSSR count). The number of aryl methyl sites for hydroxylation is 2. The van der Waals surface area contributed by atoms with Gasteiger partial charge in [0, 0.05) is 10.2 Å². The molecule has 90 valence electrons. The van der Waals surface area contributed by atoms with Gasteiger partial charge in [0.2, 0.25) is 0 Å². The molecule has 2 nitrogen and oxygen atoms in total. The van der Waals surface area contributed by atoms with Crippen molar-refractivity contribution in [3.05, 3.63) is 57.6 Å². The molecule has 0 atom stereocenters. The van der Waals surface area contributed by atoms with E-state index in [4.69, 9.17) is 5.26 Å². The van der Waals surface area contributed by atoms with Crippen LogP contribution in [0.1, 0.15) is 16.7 Å². The molecule has 1 N–H and O–H groups in total. The Morgan fingerprint density at radius 1 is 1.11 bits per heavy atom. The van der Waals surface area contributed by atoms with Gasteiger partial charge >= 0.3 is 0 Å². The summed E-state index contributed by atoms with van der Waals surface area (Å²) < 4.78 is 0.804. The van der Waals surface area contributed by atoms with E-state index in [0.717, 1.165) is 15.8 Å². The van der Waals surface area contributed by atoms with E-state index in [1.807, 2.05) is 24.3 Å². The summed E-state index contributed by atoms with van der Waals surface area (Å²) in [5.74, 6) is 0. The SMILES string of the molecule is Cc1ccc(Nc2cccc(Br)c2C#N)cc1C. The van der Waals surface area contributed by atoms with Gasteiger partial charge in [0.15, 0.2) is 0 Å². The predicted molar refractivity (Wildman–Crippen MR) is 78.1 cm³/mol. The van der Waals surface area contributed by atoms with Gasteiger partial charge in [-0.25, -0.2) is 0 Å². The van der Waals surface area contributed by atoms with Crippen LogP contribution in [0.4, 0.5) is 11.4 Å². The number of nitrogens with zero attached hydrogens (tertiary/aromatic N) is 1. The molecule has 0 saturated heterocycles. The maximum absolute atomic E-state index is 9.16. The fourth-order valence-electron chi connectivity index (χ4n) is 1.72. The van der Waals surface area contributed by atoms with Crippen LogP contribution >= 0.6 is 15.9 Å². The average molecular weight is 301 g/mol. The highest BCUT2D eigenvalue weighted by atomic mass is 79.9. The van der Waals surface area contributed by atoms with Crippen molar-refractivity contribution in [1.29, 1.82) is 5.26 Å². The molecular weight excluding hydrogens is 288 g/mol. The highest BCUT2D eigenvalue weighted by Gasteiger charge is 2.06. The Balaban J connectivity index is 2.37. The molecule has 0 aliphatic carbocycles. The summed E-state index contributed by atoms with van der Waals surface area (Å²) in [4.78, 5) is 0. The normalized spacial score (nSPS) is 9.89. The summed E-state index contributed by atoms with van der Waals surface area (Å²) in [6.45, 7) is 4.16. The molecule has 18 heavy (non-hydrogen) atoms. The first-order valence-electron chi connectivity index (χ1n) is 5.64. The molecule has 0 bridgehead atoms. The van der Waals surface area contributed by atoms with Gasteiger partial charge in [-0.3, -0.25) is 0 Å². The van der Waals surface area contributed by atoms with Crippen LogP contribution in [-0.2, 0) is 0 Å². The van der Waals surface area contributed by atoms with Crippen molar-refractivity contribution in [2.24, 2.45) is 0 Å². The number of anilines is 2. The number of hydrogen-bond acceptors (Lipinski definition) is 2. The topological polar surface area (TPSA) is 35.8 Å². The monoisotopic (exact) mass is 300 g/mol. The minimum absolute atomic E-state index is 0.621. The van der Waals surface area contributed by atoms with Crippen molar-refractivity contribution in [3.63, 3.8) is 0 Å². The summed E-state index contributed by atoms with van der Waals surface area (Å²) in [7, 11) is 0. The van der Waals surface area contributed by atoms with Crippen LogP contribution in [-0.4, -0.2) is 0 Å². The van der Waals surface area contributed by atoms with Gasteiger partial charge in [0.1, 0.15) is 6.07 Å². The Bertz CT molecular complexity index is 627. The van der Waals surface area contributed by atoms with Crippen LogP contribution in [0.25, 0.3) is 0 Å². The summed E-state index contributed by atoms with van der Waals surface area (Å²) >= 11 is 3.38. The lowest BCUT2D eigenvalue weighted by Gasteiger charge is -2.10. The Morgan fingerprint density at radius 2 is 1.89 bits per heavy atom. The molecule has 0 fully saturated rings. The van der Waals surface area contributed by atoms with Gasteiger partial charge in [0.05, 0.1) is 11.3 Å². The number of nitrogens with one attached hydrogen (secondary N) is 1. The van der Waals surface area contributed by atoms with E-state index >= 15 is 0 Å². The molecular formula is C15H13BrN2. The van der Waals surface area contributed by atoms with Gasteiger partial charge in [-0.15, -0.1) is 0 Å². The highest BCUT2D eigenvalue weighted by molar-refractivity contribution is 9.10. The first-order valence-corrected chi connectivity index (χ1v) is 6.44. The lowest BCUT2D eigenvalue weighted by molar-refractivity contribution is 1.33. The minimum atomic E-state index is 0.621. The molecule has 0 saturated carbocycles. The van der Waals surface area contributed by atoms with Gasteiger partial charge < -0.3 is 5.32 Å². The van der Waals surface area contributed by atoms with Crippen molar-refractivity contribution in [2.75, 3.05) is 5.32 Å². The molecule has 0 aliphatic rings. The van der Waals surface area contributed by atoms with Crippen LogP contribution < -0.4 is 5.32 Å². The zero-order valence-corrected chi connectivity index (χ0v) is 11.9. The second-order valence-corrected chi connectivity index (χ2v) is 5.05. The van der Waals surface area contributed by atoms with E-state index < -0.39 is 0 Å². The zero-order chi connectivity index (χ0) is 13.1. The number of hydrogen-bond donors (Lipinski definition) is 1. The molecule has 2 aromatic rings. The van der Waals surface area contributed by atoms with Gasteiger partial charge in [-0.05, 0) is 65.2 Å². The van der Waals surface area contributed by atoms with Gasteiger partial charge in [-0.1, -0.05) is 12.1 Å². The first kappa shape index (κ1) is 12.7. The molecule has 0 spiro atoms. The summed E-state index contributed by atoms with van der Waals surface area (Å²) in [5.41, 5.74) is 4.92. The zero-order valence-electron chi connectivity index (χ0n) is 10.3. The molecule has 0 heterocycles. The molecule has 0 radical (unpaired) electrons. The maximum atomic E-state index is 9.16. The third-order valence-electron chi connectivity index (χ3n) is 2.91. The molecule has 3 heteroatoms. The summed E-state index contributed by atoms with van der Waals surface area (Å²) in [6.07, 6.45) is 0. The Labute approximate surface area is 115 Å². The third-order valence-corrected chi connectivity index (χ3v) is 3.57. The van der Waals surface area contributed by atoms with E-state index in [9.17, 15) is 0 Å². The van der Waals surface area contributed by atoms with E-state index in [-0.39, 0.29) is 0 Å². The Morgan fingerprint density at radius 3 is 2.56 bits per heavy atom. The van der Waals surface area contributed by atoms with Crippen LogP contribution in [0, 0.1) is 25.2 Å². The second kappa shape index (κ2) is 5.24. The highest BCUT2D eigenvalue weighted by Crippen LogP contribution is 2.27. The van der Waals surface area contributed by atoms with Crippen molar-refractivity contribution >= 4 is 27.3 Å². The lowest BCUT2D eigenvalue weighted by atomic mass is 10.1. The number of nitriles is 1. The van der Waals surface area contributed by atoms with E-state index in [0.29, 0.717) is 5.56 Å². The fourth-order valence-corrected chi connectivity index (χ4v) is 2.17. The van der Waals surface area contributed by atoms with Crippen LogP contribution in [0.3, 0.4) is 0 Å². The van der Waals surface area contributed by atoms with Crippen LogP contribution in [0.2, 0.25) is 0 Å². The minimum Gasteiger partial charge on any atom is -0.354 e. The van der Waals surface area contributed by atoms with Crippen molar-refractivity contribution in [2.45, 2.75) is 13.8 Å². The van der Waals surface area contributed by atoms with Crippen molar-refractivity contribution in [3.8, 4) is 6.07 Å². The maximum Gasteiger partial charge on any atom is 0.103 e. The smallest absolute Gasteiger partial charge is 0.103 e. The van der Waals surface area contributed by atoms with E-state index in [2.05, 4.69) is 53.3 Å². The van der Waals surface area contributed by atoms with E-state index in [1.165, 1.54) is 11.1 Å². The predicted octanol–water partition coefficient (Wildman–Crippen LogP) is 4.68. The van der Waals surface area contributed by atoms with Crippen molar-refractivity contribution in [1.82, 2.24) is 0 Å². The van der Waals surface area contributed by atoms with E-state index in [1.54, 1.807) is 0 Å². The number of halogens is 1. The molecule has 0 unspecified atom stereocenters.